The van der Waals surface area contributed by atoms with Gasteiger partial charge in [0.2, 0.25) is 0 Å². The summed E-state index contributed by atoms with van der Waals surface area (Å²) in [6, 6.07) is 19.6. The lowest BCUT2D eigenvalue weighted by atomic mass is 10.2. The van der Waals surface area contributed by atoms with Gasteiger partial charge in [0.05, 0.1) is 15.9 Å². The SMILES string of the molecule is Cc1ccc(C)c(S(=O)(=O)Nc2ccc(C(=O)NCCCc3nc4ccccc4[nH]3)cc2)c1. The number of hydrogen-bond acceptors (Lipinski definition) is 4. The third kappa shape index (κ3) is 5.40. The number of carbonyl (C=O) groups excluding carboxylic acids is 1. The number of benzene rings is 3. The van der Waals surface area contributed by atoms with Crippen LogP contribution in [0.15, 0.2) is 71.6 Å². The van der Waals surface area contributed by atoms with E-state index in [1.807, 2.05) is 37.3 Å². The summed E-state index contributed by atoms with van der Waals surface area (Å²) in [6.45, 7) is 4.12. The van der Waals surface area contributed by atoms with Crippen LogP contribution in [0.1, 0.15) is 33.7 Å². The van der Waals surface area contributed by atoms with Gasteiger partial charge in [-0.1, -0.05) is 24.3 Å². The standard InChI is InChI=1S/C25H26N4O3S/c1-17-9-10-18(2)23(16-17)33(31,32)29-20-13-11-19(12-14-20)25(30)26-15-5-8-24-27-21-6-3-4-7-22(21)28-24/h3-4,6-7,9-14,16,29H,5,8,15H2,1-2H3,(H,26,30)(H,27,28). The van der Waals surface area contributed by atoms with Crippen LogP contribution >= 0.6 is 0 Å². The monoisotopic (exact) mass is 462 g/mol. The lowest BCUT2D eigenvalue weighted by Crippen LogP contribution is -2.24. The van der Waals surface area contributed by atoms with Gasteiger partial charge >= 0.3 is 0 Å². The Kier molecular flexibility index (Phi) is 6.46. The first kappa shape index (κ1) is 22.5. The quantitative estimate of drug-likeness (QED) is 0.339. The van der Waals surface area contributed by atoms with Crippen LogP contribution in [0.3, 0.4) is 0 Å². The largest absolute Gasteiger partial charge is 0.352 e. The minimum absolute atomic E-state index is 0.205. The molecule has 33 heavy (non-hydrogen) atoms. The molecule has 1 heterocycles. The number of H-pyrrole nitrogens is 1. The van der Waals surface area contributed by atoms with Gasteiger partial charge in [-0.3, -0.25) is 9.52 Å². The molecule has 0 aliphatic carbocycles. The average Bonchev–Trinajstić information content (AvgIpc) is 3.21. The number of carbonyl (C=O) groups is 1. The number of aromatic nitrogens is 2. The fourth-order valence-corrected chi connectivity index (χ4v) is 4.97. The number of hydrogen-bond donors (Lipinski definition) is 3. The fourth-order valence-electron chi connectivity index (χ4n) is 3.58. The number of imidazole rings is 1. The number of rotatable bonds is 8. The molecule has 0 radical (unpaired) electrons. The van der Waals surface area contributed by atoms with Crippen LogP contribution in [0.25, 0.3) is 11.0 Å². The van der Waals surface area contributed by atoms with Gasteiger partial charge in [0.15, 0.2) is 0 Å². The summed E-state index contributed by atoms with van der Waals surface area (Å²) in [7, 11) is -3.71. The maximum absolute atomic E-state index is 12.7. The zero-order chi connectivity index (χ0) is 23.4. The molecule has 4 aromatic rings. The summed E-state index contributed by atoms with van der Waals surface area (Å²) in [5.74, 6) is 0.689. The van der Waals surface area contributed by atoms with E-state index in [-0.39, 0.29) is 10.8 Å². The molecule has 0 bridgehead atoms. The number of nitrogens with zero attached hydrogens (tertiary/aromatic N) is 1. The van der Waals surface area contributed by atoms with Gasteiger partial charge in [-0.15, -0.1) is 0 Å². The normalized spacial score (nSPS) is 11.5. The average molecular weight is 463 g/mol. The Morgan fingerprint density at radius 2 is 1.76 bits per heavy atom. The number of anilines is 1. The molecular weight excluding hydrogens is 436 g/mol. The number of para-hydroxylation sites is 2. The van der Waals surface area contributed by atoms with Crippen LogP contribution in [0.2, 0.25) is 0 Å². The molecule has 170 valence electrons. The Labute approximate surface area is 193 Å². The number of sulfonamides is 1. The van der Waals surface area contributed by atoms with Crippen molar-refractivity contribution in [2.45, 2.75) is 31.6 Å². The molecule has 1 amide bonds. The van der Waals surface area contributed by atoms with Crippen molar-refractivity contribution in [1.82, 2.24) is 15.3 Å². The van der Waals surface area contributed by atoms with Gasteiger partial charge in [0.1, 0.15) is 5.82 Å². The predicted octanol–water partition coefficient (Wildman–Crippen LogP) is 4.34. The molecule has 1 aromatic heterocycles. The molecule has 0 unspecified atom stereocenters. The molecule has 0 saturated carbocycles. The van der Waals surface area contributed by atoms with Gasteiger partial charge in [0, 0.05) is 24.2 Å². The zero-order valence-corrected chi connectivity index (χ0v) is 19.4. The lowest BCUT2D eigenvalue weighted by Gasteiger charge is -2.12. The zero-order valence-electron chi connectivity index (χ0n) is 18.6. The van der Waals surface area contributed by atoms with Crippen LogP contribution in [-0.4, -0.2) is 30.8 Å². The number of nitrogens with one attached hydrogen (secondary N) is 3. The van der Waals surface area contributed by atoms with E-state index in [1.165, 1.54) is 0 Å². The minimum atomic E-state index is -3.71. The topological polar surface area (TPSA) is 104 Å². The molecule has 7 nitrogen and oxygen atoms in total. The van der Waals surface area contributed by atoms with Crippen molar-refractivity contribution in [2.24, 2.45) is 0 Å². The van der Waals surface area contributed by atoms with Crippen molar-refractivity contribution in [3.8, 4) is 0 Å². The highest BCUT2D eigenvalue weighted by Gasteiger charge is 2.17. The first-order chi connectivity index (χ1) is 15.8. The summed E-state index contributed by atoms with van der Waals surface area (Å²) < 4.78 is 28.1. The first-order valence-electron chi connectivity index (χ1n) is 10.7. The second-order valence-electron chi connectivity index (χ2n) is 8.01. The summed E-state index contributed by atoms with van der Waals surface area (Å²) in [6.07, 6.45) is 1.48. The van der Waals surface area contributed by atoms with Crippen molar-refractivity contribution in [1.29, 1.82) is 0 Å². The Morgan fingerprint density at radius 3 is 2.52 bits per heavy atom. The highest BCUT2D eigenvalue weighted by atomic mass is 32.2. The summed E-state index contributed by atoms with van der Waals surface area (Å²) in [4.78, 5) is 20.5. The number of aryl methyl sites for hydroxylation is 3. The highest BCUT2D eigenvalue weighted by molar-refractivity contribution is 7.92. The number of aromatic amines is 1. The molecule has 4 rings (SSSR count). The fraction of sp³-hybridized carbons (Fsp3) is 0.200. The smallest absolute Gasteiger partial charge is 0.262 e. The molecule has 0 saturated heterocycles. The molecular formula is C25H26N4O3S. The van der Waals surface area contributed by atoms with Crippen molar-refractivity contribution >= 4 is 32.7 Å². The molecule has 3 aromatic carbocycles. The third-order valence-electron chi connectivity index (χ3n) is 5.35. The molecule has 0 spiro atoms. The van der Waals surface area contributed by atoms with Gasteiger partial charge in [-0.05, 0) is 73.9 Å². The van der Waals surface area contributed by atoms with Crippen LogP contribution in [0.4, 0.5) is 5.69 Å². The second-order valence-corrected chi connectivity index (χ2v) is 9.66. The molecule has 8 heteroatoms. The van der Waals surface area contributed by atoms with Crippen LogP contribution < -0.4 is 10.0 Å². The first-order valence-corrected chi connectivity index (χ1v) is 12.2. The van der Waals surface area contributed by atoms with E-state index >= 15 is 0 Å². The molecule has 0 aliphatic heterocycles. The third-order valence-corrected chi connectivity index (χ3v) is 6.87. The Morgan fingerprint density at radius 1 is 1.00 bits per heavy atom. The van der Waals surface area contributed by atoms with Crippen molar-refractivity contribution in [3.05, 3.63) is 89.2 Å². The number of fused-ring (bicyclic) bond motifs is 1. The summed E-state index contributed by atoms with van der Waals surface area (Å²) >= 11 is 0. The van der Waals surface area contributed by atoms with E-state index in [0.29, 0.717) is 23.4 Å². The second kappa shape index (κ2) is 9.46. The van der Waals surface area contributed by atoms with E-state index in [2.05, 4.69) is 20.0 Å². The summed E-state index contributed by atoms with van der Waals surface area (Å²) in [5, 5.41) is 2.89. The van der Waals surface area contributed by atoms with Crippen molar-refractivity contribution in [3.63, 3.8) is 0 Å². The Bertz CT molecular complexity index is 1360. The van der Waals surface area contributed by atoms with Crippen LogP contribution in [0.5, 0.6) is 0 Å². The molecule has 0 aliphatic rings. The van der Waals surface area contributed by atoms with E-state index in [4.69, 9.17) is 0 Å². The molecule has 0 atom stereocenters. The van der Waals surface area contributed by atoms with Gasteiger partial charge in [-0.25, -0.2) is 13.4 Å². The summed E-state index contributed by atoms with van der Waals surface area (Å²) in [5.41, 5.74) is 4.35. The van der Waals surface area contributed by atoms with E-state index in [1.54, 1.807) is 43.3 Å². The molecule has 0 fully saturated rings. The van der Waals surface area contributed by atoms with E-state index < -0.39 is 10.0 Å². The minimum Gasteiger partial charge on any atom is -0.352 e. The maximum Gasteiger partial charge on any atom is 0.262 e. The lowest BCUT2D eigenvalue weighted by molar-refractivity contribution is 0.0953. The van der Waals surface area contributed by atoms with Crippen LogP contribution in [0, 0.1) is 13.8 Å². The predicted molar refractivity (Wildman–Crippen MR) is 130 cm³/mol. The van der Waals surface area contributed by atoms with Crippen molar-refractivity contribution < 1.29 is 13.2 Å². The highest BCUT2D eigenvalue weighted by Crippen LogP contribution is 2.21. The number of amides is 1. The van der Waals surface area contributed by atoms with Crippen molar-refractivity contribution in [2.75, 3.05) is 11.3 Å². The van der Waals surface area contributed by atoms with Gasteiger partial charge < -0.3 is 10.3 Å². The molecule has 3 N–H and O–H groups in total. The Balaban J connectivity index is 1.31. The van der Waals surface area contributed by atoms with Gasteiger partial charge in [-0.2, -0.15) is 0 Å². The van der Waals surface area contributed by atoms with Gasteiger partial charge in [0.25, 0.3) is 15.9 Å². The Hall–Kier alpha value is -3.65. The maximum atomic E-state index is 12.7. The van der Waals surface area contributed by atoms with Crippen LogP contribution in [-0.2, 0) is 16.4 Å². The van der Waals surface area contributed by atoms with E-state index in [9.17, 15) is 13.2 Å². The van der Waals surface area contributed by atoms with E-state index in [0.717, 1.165) is 35.3 Å².